The van der Waals surface area contributed by atoms with Crippen LogP contribution in [0.15, 0.2) is 69.9 Å². The minimum Gasteiger partial charge on any atom is -0.497 e. The second-order valence-corrected chi connectivity index (χ2v) is 9.88. The number of carbonyl (C=O) groups is 2. The number of nitrogens with one attached hydrogen (secondary N) is 2. The number of rotatable bonds is 8. The van der Waals surface area contributed by atoms with Crippen molar-refractivity contribution in [1.29, 1.82) is 0 Å². The zero-order valence-electron chi connectivity index (χ0n) is 18.8. The van der Waals surface area contributed by atoms with Crippen LogP contribution < -0.4 is 21.0 Å². The summed E-state index contributed by atoms with van der Waals surface area (Å²) in [6, 6.07) is 15.1. The molecular formula is C24H21ClN4O4S2. The summed E-state index contributed by atoms with van der Waals surface area (Å²) in [4.78, 5) is 43.8. The Morgan fingerprint density at radius 3 is 2.74 bits per heavy atom. The number of hydrogen-bond acceptors (Lipinski definition) is 7. The minimum absolute atomic E-state index is 0.199. The third-order valence-electron chi connectivity index (χ3n) is 5.00. The van der Waals surface area contributed by atoms with Gasteiger partial charge in [0.2, 0.25) is 5.91 Å². The number of methoxy groups -OCH3 is 1. The van der Waals surface area contributed by atoms with Crippen LogP contribution in [-0.4, -0.2) is 33.8 Å². The van der Waals surface area contributed by atoms with Gasteiger partial charge in [-0.1, -0.05) is 42.4 Å². The Labute approximate surface area is 214 Å². The van der Waals surface area contributed by atoms with E-state index in [2.05, 4.69) is 15.7 Å². The fourth-order valence-corrected chi connectivity index (χ4v) is 5.16. The lowest BCUT2D eigenvalue weighted by Crippen LogP contribution is -2.35. The molecule has 2 aromatic carbocycles. The summed E-state index contributed by atoms with van der Waals surface area (Å²) in [5, 5.41) is 4.71. The average Bonchev–Trinajstić information content (AvgIpc) is 3.33. The summed E-state index contributed by atoms with van der Waals surface area (Å²) in [6.45, 7) is 1.86. The van der Waals surface area contributed by atoms with E-state index in [0.717, 1.165) is 16.4 Å². The predicted molar refractivity (Wildman–Crippen MR) is 141 cm³/mol. The average molecular weight is 529 g/mol. The zero-order chi connectivity index (χ0) is 24.9. The smallest absolute Gasteiger partial charge is 0.291 e. The van der Waals surface area contributed by atoms with E-state index < -0.39 is 16.7 Å². The number of anilines is 1. The molecule has 0 aliphatic carbocycles. The molecule has 0 aliphatic rings. The molecule has 0 saturated heterocycles. The van der Waals surface area contributed by atoms with Gasteiger partial charge in [0.15, 0.2) is 5.16 Å². The van der Waals surface area contributed by atoms with Gasteiger partial charge in [0.25, 0.3) is 11.5 Å². The van der Waals surface area contributed by atoms with Crippen molar-refractivity contribution in [3.63, 3.8) is 0 Å². The van der Waals surface area contributed by atoms with Crippen LogP contribution in [0.1, 0.15) is 23.7 Å². The van der Waals surface area contributed by atoms with E-state index >= 15 is 0 Å². The largest absolute Gasteiger partial charge is 0.497 e. The van der Waals surface area contributed by atoms with E-state index in [1.165, 1.54) is 18.4 Å². The van der Waals surface area contributed by atoms with Crippen molar-refractivity contribution < 1.29 is 14.3 Å². The molecule has 2 heterocycles. The maximum atomic E-state index is 13.2. The SMILES string of the molecule is CC[C@@H](Sc1nc2ccsc2c(=O)n1NC(=O)c1cccc(OC)c1)C(=O)Nc1cccc(Cl)c1. The number of thioether (sulfide) groups is 1. The van der Waals surface area contributed by atoms with E-state index in [1.807, 2.05) is 6.92 Å². The fraction of sp³-hybridized carbons (Fsp3) is 0.167. The summed E-state index contributed by atoms with van der Waals surface area (Å²) >= 11 is 8.35. The number of nitrogens with zero attached hydrogens (tertiary/aromatic N) is 2. The molecule has 11 heteroatoms. The maximum absolute atomic E-state index is 13.2. The van der Waals surface area contributed by atoms with Gasteiger partial charge in [-0.25, -0.2) is 4.98 Å². The highest BCUT2D eigenvalue weighted by Gasteiger charge is 2.24. The van der Waals surface area contributed by atoms with Crippen LogP contribution in [0, 0.1) is 0 Å². The van der Waals surface area contributed by atoms with Crippen molar-refractivity contribution in [2.45, 2.75) is 23.8 Å². The first-order valence-electron chi connectivity index (χ1n) is 10.6. The van der Waals surface area contributed by atoms with Crippen molar-refractivity contribution in [3.8, 4) is 5.75 Å². The van der Waals surface area contributed by atoms with Gasteiger partial charge in [0.05, 0.1) is 17.9 Å². The molecule has 4 rings (SSSR count). The van der Waals surface area contributed by atoms with E-state index in [1.54, 1.807) is 60.0 Å². The molecule has 0 bridgehead atoms. The van der Waals surface area contributed by atoms with Crippen LogP contribution in [0.2, 0.25) is 5.02 Å². The lowest BCUT2D eigenvalue weighted by molar-refractivity contribution is -0.115. The van der Waals surface area contributed by atoms with Gasteiger partial charge in [-0.15, -0.1) is 11.3 Å². The number of halogens is 1. The molecule has 0 spiro atoms. The molecule has 35 heavy (non-hydrogen) atoms. The first-order valence-corrected chi connectivity index (χ1v) is 12.7. The Morgan fingerprint density at radius 1 is 1.20 bits per heavy atom. The number of benzene rings is 2. The second kappa shape index (κ2) is 10.9. The molecule has 180 valence electrons. The molecule has 2 aromatic heterocycles. The molecule has 0 aliphatic heterocycles. The topological polar surface area (TPSA) is 102 Å². The summed E-state index contributed by atoms with van der Waals surface area (Å²) in [5.41, 5.74) is 3.59. The highest BCUT2D eigenvalue weighted by molar-refractivity contribution is 8.00. The number of fused-ring (bicyclic) bond motifs is 1. The fourth-order valence-electron chi connectivity index (χ4n) is 3.24. The monoisotopic (exact) mass is 528 g/mol. The second-order valence-electron chi connectivity index (χ2n) is 7.36. The third kappa shape index (κ3) is 5.67. The molecule has 2 amide bonds. The number of thiophene rings is 1. The predicted octanol–water partition coefficient (Wildman–Crippen LogP) is 5.01. The zero-order valence-corrected chi connectivity index (χ0v) is 21.2. The first kappa shape index (κ1) is 24.8. The van der Waals surface area contributed by atoms with Crippen LogP contribution >= 0.6 is 34.7 Å². The first-order chi connectivity index (χ1) is 16.9. The van der Waals surface area contributed by atoms with Crippen molar-refractivity contribution in [3.05, 3.63) is 80.9 Å². The molecule has 2 N–H and O–H groups in total. The Bertz CT molecular complexity index is 1450. The lowest BCUT2D eigenvalue weighted by atomic mass is 10.2. The van der Waals surface area contributed by atoms with Crippen molar-refractivity contribution in [1.82, 2.24) is 9.66 Å². The van der Waals surface area contributed by atoms with Crippen LogP contribution in [0.3, 0.4) is 0 Å². The molecule has 8 nitrogen and oxygen atoms in total. The summed E-state index contributed by atoms with van der Waals surface area (Å²) < 4.78 is 6.68. The van der Waals surface area contributed by atoms with Crippen molar-refractivity contribution in [2.24, 2.45) is 0 Å². The lowest BCUT2D eigenvalue weighted by Gasteiger charge is -2.18. The number of hydrogen-bond donors (Lipinski definition) is 2. The van der Waals surface area contributed by atoms with Crippen LogP contribution in [0.25, 0.3) is 10.2 Å². The van der Waals surface area contributed by atoms with Gasteiger partial charge in [-0.3, -0.25) is 19.8 Å². The number of aromatic nitrogens is 2. The third-order valence-corrected chi connectivity index (χ3v) is 7.44. The highest BCUT2D eigenvalue weighted by atomic mass is 35.5. The normalized spacial score (nSPS) is 11.7. The molecule has 4 aromatic rings. The molecule has 0 fully saturated rings. The number of carbonyl (C=O) groups excluding carboxylic acids is 2. The molecule has 0 saturated carbocycles. The van der Waals surface area contributed by atoms with Crippen molar-refractivity contribution >= 4 is 62.4 Å². The molecule has 0 unspecified atom stereocenters. The summed E-state index contributed by atoms with van der Waals surface area (Å²) in [5.74, 6) is -0.276. The Kier molecular flexibility index (Phi) is 7.74. The highest BCUT2D eigenvalue weighted by Crippen LogP contribution is 2.27. The minimum atomic E-state index is -0.586. The van der Waals surface area contributed by atoms with Gasteiger partial charge in [0.1, 0.15) is 10.4 Å². The maximum Gasteiger partial charge on any atom is 0.291 e. The van der Waals surface area contributed by atoms with Crippen LogP contribution in [0.4, 0.5) is 5.69 Å². The molecule has 0 radical (unpaired) electrons. The van der Waals surface area contributed by atoms with Crippen molar-refractivity contribution in [2.75, 3.05) is 17.9 Å². The van der Waals surface area contributed by atoms with E-state index in [-0.39, 0.29) is 11.1 Å². The molecular weight excluding hydrogens is 508 g/mol. The van der Waals surface area contributed by atoms with E-state index in [0.29, 0.717) is 38.7 Å². The van der Waals surface area contributed by atoms with E-state index in [9.17, 15) is 14.4 Å². The van der Waals surface area contributed by atoms with E-state index in [4.69, 9.17) is 16.3 Å². The Balaban J connectivity index is 1.65. The van der Waals surface area contributed by atoms with Crippen LogP contribution in [-0.2, 0) is 4.79 Å². The van der Waals surface area contributed by atoms with Crippen LogP contribution in [0.5, 0.6) is 5.75 Å². The van der Waals surface area contributed by atoms with Gasteiger partial charge < -0.3 is 10.1 Å². The van der Waals surface area contributed by atoms with Gasteiger partial charge in [0, 0.05) is 16.3 Å². The van der Waals surface area contributed by atoms with Gasteiger partial charge >= 0.3 is 0 Å². The standard InChI is InChI=1S/C24H21ClN4O4S2/c1-3-19(22(31)26-16-8-5-7-15(25)13-16)35-24-27-18-10-11-34-20(18)23(32)29(24)28-21(30)14-6-4-9-17(12-14)33-2/h4-13,19H,3H2,1-2H3,(H,26,31)(H,28,30)/t19-/m1/s1. The molecule has 1 atom stereocenters. The number of ether oxygens (including phenoxy) is 1. The summed E-state index contributed by atoms with van der Waals surface area (Å²) in [7, 11) is 1.50. The Morgan fingerprint density at radius 2 is 2.00 bits per heavy atom. The Hall–Kier alpha value is -3.34. The quantitative estimate of drug-likeness (QED) is 0.246. The van der Waals surface area contributed by atoms with Gasteiger partial charge in [-0.2, -0.15) is 4.68 Å². The number of amides is 2. The summed E-state index contributed by atoms with van der Waals surface area (Å²) in [6.07, 6.45) is 0.457. The van der Waals surface area contributed by atoms with Gasteiger partial charge in [-0.05, 0) is 54.3 Å².